The number of carbonyl (C=O) groups is 1. The molecule has 2 heterocycles. The maximum Gasteiger partial charge on any atom is 0.411 e. The number of fused-ring (bicyclic) bond motifs is 2. The molecule has 2 rings (SSSR count). The van der Waals surface area contributed by atoms with Crippen LogP contribution in [0.4, 0.5) is 4.79 Å². The van der Waals surface area contributed by atoms with E-state index in [0.717, 1.165) is 25.9 Å². The van der Waals surface area contributed by atoms with Crippen LogP contribution in [0.15, 0.2) is 0 Å². The van der Waals surface area contributed by atoms with Gasteiger partial charge in [-0.1, -0.05) is 0 Å². The zero-order chi connectivity index (χ0) is 12.0. The smallest absolute Gasteiger partial charge is 0.411 e. The molecule has 0 aromatic carbocycles. The van der Waals surface area contributed by atoms with Gasteiger partial charge < -0.3 is 10.1 Å². The summed E-state index contributed by atoms with van der Waals surface area (Å²) in [6.45, 7) is 9.66. The first-order valence-electron chi connectivity index (χ1n) is 6.05. The topological polar surface area (TPSA) is 41.6 Å². The molecule has 2 atom stereocenters. The van der Waals surface area contributed by atoms with Crippen molar-refractivity contribution in [2.24, 2.45) is 0 Å². The summed E-state index contributed by atoms with van der Waals surface area (Å²) < 4.78 is 5.48. The van der Waals surface area contributed by atoms with E-state index in [-0.39, 0.29) is 11.6 Å². The van der Waals surface area contributed by atoms with Crippen molar-refractivity contribution in [1.29, 1.82) is 0 Å². The summed E-state index contributed by atoms with van der Waals surface area (Å²) in [5.41, 5.74) is -0.455. The van der Waals surface area contributed by atoms with Crippen LogP contribution in [-0.4, -0.2) is 41.3 Å². The van der Waals surface area contributed by atoms with E-state index in [4.69, 9.17) is 4.74 Å². The molecule has 0 spiro atoms. The minimum atomic E-state index is -0.405. The Labute approximate surface area is 97.3 Å². The van der Waals surface area contributed by atoms with E-state index in [0.29, 0.717) is 6.04 Å². The first-order chi connectivity index (χ1) is 7.32. The number of rotatable bonds is 0. The van der Waals surface area contributed by atoms with Crippen LogP contribution in [0.3, 0.4) is 0 Å². The fourth-order valence-electron chi connectivity index (χ4n) is 2.72. The Morgan fingerprint density at radius 1 is 1.50 bits per heavy atom. The van der Waals surface area contributed by atoms with Gasteiger partial charge >= 0.3 is 6.09 Å². The third-order valence-corrected chi connectivity index (χ3v) is 3.44. The summed E-state index contributed by atoms with van der Waals surface area (Å²) in [6.07, 6.45) is 2.01. The van der Waals surface area contributed by atoms with Crippen LogP contribution in [0.25, 0.3) is 0 Å². The summed E-state index contributed by atoms with van der Waals surface area (Å²) in [5.74, 6) is 0. The Kier molecular flexibility index (Phi) is 2.65. The second-order valence-corrected chi connectivity index (χ2v) is 6.17. The highest BCUT2D eigenvalue weighted by molar-refractivity contribution is 5.70. The number of hydrogen-bond acceptors (Lipinski definition) is 3. The van der Waals surface area contributed by atoms with E-state index in [2.05, 4.69) is 12.2 Å². The standard InChI is InChI=1S/C12H22N2O2/c1-11(2,3)16-10(15)14-9-5-6-12(14,4)8-13-7-9/h9,13H,5-8H2,1-4H3. The van der Waals surface area contributed by atoms with Crippen molar-refractivity contribution >= 4 is 6.09 Å². The van der Waals surface area contributed by atoms with E-state index in [1.54, 1.807) is 0 Å². The van der Waals surface area contributed by atoms with Crippen LogP contribution >= 0.6 is 0 Å². The average molecular weight is 226 g/mol. The third kappa shape index (κ3) is 2.03. The van der Waals surface area contributed by atoms with E-state index >= 15 is 0 Å². The number of carbonyl (C=O) groups excluding carboxylic acids is 1. The minimum Gasteiger partial charge on any atom is -0.444 e. The van der Waals surface area contributed by atoms with Gasteiger partial charge in [-0.15, -0.1) is 0 Å². The molecule has 4 nitrogen and oxygen atoms in total. The third-order valence-electron chi connectivity index (χ3n) is 3.44. The number of piperazine rings is 1. The van der Waals surface area contributed by atoms with Crippen molar-refractivity contribution in [2.45, 2.75) is 57.7 Å². The lowest BCUT2D eigenvalue weighted by atomic mass is 9.99. The van der Waals surface area contributed by atoms with Crippen molar-refractivity contribution < 1.29 is 9.53 Å². The first-order valence-corrected chi connectivity index (χ1v) is 6.05. The molecule has 4 heteroatoms. The van der Waals surface area contributed by atoms with Crippen LogP contribution in [0.2, 0.25) is 0 Å². The lowest BCUT2D eigenvalue weighted by molar-refractivity contribution is -0.00607. The molecule has 1 N–H and O–H groups in total. The molecule has 1 amide bonds. The van der Waals surface area contributed by atoms with Crippen molar-refractivity contribution in [3.8, 4) is 0 Å². The molecule has 0 aliphatic carbocycles. The minimum absolute atomic E-state index is 0.0503. The molecule has 16 heavy (non-hydrogen) atoms. The van der Waals surface area contributed by atoms with E-state index in [1.807, 2.05) is 25.7 Å². The fraction of sp³-hybridized carbons (Fsp3) is 0.917. The van der Waals surface area contributed by atoms with Crippen LogP contribution in [-0.2, 0) is 4.74 Å². The summed E-state index contributed by atoms with van der Waals surface area (Å²) in [5, 5.41) is 3.39. The maximum atomic E-state index is 12.2. The number of nitrogens with zero attached hydrogens (tertiary/aromatic N) is 1. The summed E-state index contributed by atoms with van der Waals surface area (Å²) in [4.78, 5) is 14.1. The van der Waals surface area contributed by atoms with Crippen molar-refractivity contribution in [2.75, 3.05) is 13.1 Å². The van der Waals surface area contributed by atoms with Crippen LogP contribution in [0.1, 0.15) is 40.5 Å². The number of amides is 1. The summed E-state index contributed by atoms with van der Waals surface area (Å²) in [6, 6.07) is 0.314. The highest BCUT2D eigenvalue weighted by Gasteiger charge is 2.49. The summed E-state index contributed by atoms with van der Waals surface area (Å²) in [7, 11) is 0. The Morgan fingerprint density at radius 3 is 2.75 bits per heavy atom. The average Bonchev–Trinajstić information content (AvgIpc) is 2.30. The van der Waals surface area contributed by atoms with Gasteiger partial charge in [0.2, 0.25) is 0 Å². The van der Waals surface area contributed by atoms with E-state index in [1.165, 1.54) is 0 Å². The number of nitrogens with one attached hydrogen (secondary N) is 1. The van der Waals surface area contributed by atoms with E-state index in [9.17, 15) is 4.79 Å². The van der Waals surface area contributed by atoms with Gasteiger partial charge in [-0.05, 0) is 40.5 Å². The van der Waals surface area contributed by atoms with Crippen molar-refractivity contribution in [3.63, 3.8) is 0 Å². The van der Waals surface area contributed by atoms with Crippen LogP contribution < -0.4 is 5.32 Å². The molecular formula is C12H22N2O2. The van der Waals surface area contributed by atoms with Crippen LogP contribution in [0, 0.1) is 0 Å². The highest BCUT2D eigenvalue weighted by Crippen LogP contribution is 2.36. The molecule has 2 aliphatic heterocycles. The van der Waals surface area contributed by atoms with Gasteiger partial charge in [-0.25, -0.2) is 4.79 Å². The largest absolute Gasteiger partial charge is 0.444 e. The molecule has 2 unspecified atom stereocenters. The molecular weight excluding hydrogens is 204 g/mol. The lowest BCUT2D eigenvalue weighted by Crippen LogP contribution is -2.61. The van der Waals surface area contributed by atoms with Gasteiger partial charge in [0.25, 0.3) is 0 Å². The Hall–Kier alpha value is -0.770. The monoisotopic (exact) mass is 226 g/mol. The van der Waals surface area contributed by atoms with Crippen LogP contribution in [0.5, 0.6) is 0 Å². The summed E-state index contributed by atoms with van der Waals surface area (Å²) >= 11 is 0. The fourth-order valence-corrected chi connectivity index (χ4v) is 2.72. The van der Waals surface area contributed by atoms with Gasteiger partial charge in [-0.3, -0.25) is 4.90 Å². The van der Waals surface area contributed by atoms with E-state index < -0.39 is 5.60 Å². The number of ether oxygens (including phenoxy) is 1. The molecule has 0 radical (unpaired) electrons. The Morgan fingerprint density at radius 2 is 2.19 bits per heavy atom. The van der Waals surface area contributed by atoms with Gasteiger partial charge in [-0.2, -0.15) is 0 Å². The number of hydrogen-bond donors (Lipinski definition) is 1. The quantitative estimate of drug-likeness (QED) is 0.684. The zero-order valence-electron chi connectivity index (χ0n) is 10.7. The van der Waals surface area contributed by atoms with Crippen molar-refractivity contribution in [1.82, 2.24) is 10.2 Å². The Balaban J connectivity index is 2.12. The SMILES string of the molecule is CC(C)(C)OC(=O)N1C2CCC1(C)CNC2. The second-order valence-electron chi connectivity index (χ2n) is 6.17. The first kappa shape index (κ1) is 11.7. The molecule has 0 aromatic rings. The highest BCUT2D eigenvalue weighted by atomic mass is 16.6. The van der Waals surface area contributed by atoms with Gasteiger partial charge in [0.05, 0.1) is 5.54 Å². The molecule has 0 saturated carbocycles. The predicted octanol–water partition coefficient (Wildman–Crippen LogP) is 1.75. The van der Waals surface area contributed by atoms with Gasteiger partial charge in [0.1, 0.15) is 5.60 Å². The lowest BCUT2D eigenvalue weighted by Gasteiger charge is -2.43. The molecule has 0 aromatic heterocycles. The van der Waals surface area contributed by atoms with Gasteiger partial charge in [0.15, 0.2) is 0 Å². The second kappa shape index (κ2) is 3.62. The molecule has 2 aliphatic rings. The Bertz CT molecular complexity index is 294. The van der Waals surface area contributed by atoms with Crippen molar-refractivity contribution in [3.05, 3.63) is 0 Å². The molecule has 2 bridgehead atoms. The molecule has 92 valence electrons. The maximum absolute atomic E-state index is 12.2. The normalized spacial score (nSPS) is 34.0. The zero-order valence-corrected chi connectivity index (χ0v) is 10.7. The predicted molar refractivity (Wildman–Crippen MR) is 62.4 cm³/mol. The molecule has 2 saturated heterocycles. The van der Waals surface area contributed by atoms with Gasteiger partial charge in [0, 0.05) is 19.1 Å². The molecule has 2 fully saturated rings.